The Kier molecular flexibility index (Phi) is 8.36. The van der Waals surface area contributed by atoms with Crippen molar-refractivity contribution in [2.24, 2.45) is 0 Å². The van der Waals surface area contributed by atoms with E-state index in [4.69, 9.17) is 4.74 Å². The fraction of sp³-hybridized carbons (Fsp3) is 0.333. The number of nitrogens with zero attached hydrogens (tertiary/aromatic N) is 1. The number of ether oxygens (including phenoxy) is 1. The molecule has 0 aliphatic heterocycles. The van der Waals surface area contributed by atoms with Gasteiger partial charge in [-0.2, -0.15) is 0 Å². The van der Waals surface area contributed by atoms with Crippen LogP contribution in [0.2, 0.25) is 0 Å². The van der Waals surface area contributed by atoms with Crippen molar-refractivity contribution in [1.29, 1.82) is 0 Å². The van der Waals surface area contributed by atoms with Crippen LogP contribution in [0.1, 0.15) is 24.5 Å². The molecule has 0 saturated carbocycles. The van der Waals surface area contributed by atoms with Crippen molar-refractivity contribution in [3.8, 4) is 0 Å². The standard InChI is InChI=1S/C21H26N2O3/c1-2-26-15-9-14-22-20(24)21(25)23(16-18-10-5-3-6-11-18)17-19-12-7-4-8-13-19/h3-8,10-13H,2,9,14-17H2,1H3,(H,22,24). The van der Waals surface area contributed by atoms with Crippen LogP contribution in [-0.2, 0) is 27.4 Å². The van der Waals surface area contributed by atoms with Gasteiger partial charge in [-0.25, -0.2) is 0 Å². The van der Waals surface area contributed by atoms with E-state index in [1.54, 1.807) is 4.90 Å². The third-order valence-electron chi connectivity index (χ3n) is 3.87. The quantitative estimate of drug-likeness (QED) is 0.556. The molecule has 0 aromatic heterocycles. The van der Waals surface area contributed by atoms with E-state index in [1.807, 2.05) is 67.6 Å². The first-order valence-corrected chi connectivity index (χ1v) is 8.93. The van der Waals surface area contributed by atoms with Crippen LogP contribution in [-0.4, -0.2) is 36.5 Å². The number of rotatable bonds is 9. The minimum absolute atomic E-state index is 0.390. The lowest BCUT2D eigenvalue weighted by molar-refractivity contribution is -0.146. The molecule has 2 aromatic rings. The molecule has 0 aliphatic carbocycles. The highest BCUT2D eigenvalue weighted by Crippen LogP contribution is 2.10. The van der Waals surface area contributed by atoms with Crippen LogP contribution in [0.4, 0.5) is 0 Å². The second kappa shape index (κ2) is 11.1. The van der Waals surface area contributed by atoms with Crippen LogP contribution in [0.15, 0.2) is 60.7 Å². The minimum Gasteiger partial charge on any atom is -0.382 e. The van der Waals surface area contributed by atoms with Gasteiger partial charge < -0.3 is 15.0 Å². The highest BCUT2D eigenvalue weighted by molar-refractivity contribution is 6.34. The van der Waals surface area contributed by atoms with E-state index >= 15 is 0 Å². The summed E-state index contributed by atoms with van der Waals surface area (Å²) in [6.45, 7) is 4.35. The summed E-state index contributed by atoms with van der Waals surface area (Å²) in [4.78, 5) is 26.5. The molecule has 0 spiro atoms. The van der Waals surface area contributed by atoms with E-state index in [-0.39, 0.29) is 0 Å². The Balaban J connectivity index is 1.99. The number of carbonyl (C=O) groups is 2. The Hall–Kier alpha value is -2.66. The van der Waals surface area contributed by atoms with Gasteiger partial charge in [0.25, 0.3) is 0 Å². The van der Waals surface area contributed by atoms with Gasteiger partial charge in [-0.1, -0.05) is 60.7 Å². The summed E-state index contributed by atoms with van der Waals surface area (Å²) in [6.07, 6.45) is 0.685. The molecule has 0 atom stereocenters. The summed E-state index contributed by atoms with van der Waals surface area (Å²) in [6, 6.07) is 19.4. The number of carbonyl (C=O) groups excluding carboxylic acids is 2. The van der Waals surface area contributed by atoms with Crippen molar-refractivity contribution in [1.82, 2.24) is 10.2 Å². The Morgan fingerprint density at radius 3 is 1.96 bits per heavy atom. The molecular formula is C21H26N2O3. The number of nitrogens with one attached hydrogen (secondary N) is 1. The van der Waals surface area contributed by atoms with Crippen molar-refractivity contribution in [3.05, 3.63) is 71.8 Å². The molecule has 0 unspecified atom stereocenters. The van der Waals surface area contributed by atoms with E-state index in [2.05, 4.69) is 5.32 Å². The number of hydrogen-bond donors (Lipinski definition) is 1. The van der Waals surface area contributed by atoms with Gasteiger partial charge in [0.1, 0.15) is 0 Å². The van der Waals surface area contributed by atoms with Crippen LogP contribution in [0, 0.1) is 0 Å². The van der Waals surface area contributed by atoms with E-state index in [1.165, 1.54) is 0 Å². The molecule has 2 aromatic carbocycles. The third-order valence-corrected chi connectivity index (χ3v) is 3.87. The lowest BCUT2D eigenvalue weighted by Crippen LogP contribution is -2.42. The van der Waals surface area contributed by atoms with Crippen LogP contribution in [0.25, 0.3) is 0 Å². The maximum atomic E-state index is 12.7. The average molecular weight is 354 g/mol. The number of amides is 2. The molecule has 2 amide bonds. The zero-order valence-corrected chi connectivity index (χ0v) is 15.2. The zero-order chi connectivity index (χ0) is 18.6. The predicted molar refractivity (Wildman–Crippen MR) is 101 cm³/mol. The Labute approximate surface area is 155 Å². The molecule has 5 heteroatoms. The van der Waals surface area contributed by atoms with Crippen LogP contribution >= 0.6 is 0 Å². The molecule has 138 valence electrons. The van der Waals surface area contributed by atoms with Crippen LogP contribution < -0.4 is 5.32 Å². The molecule has 0 saturated heterocycles. The maximum Gasteiger partial charge on any atom is 0.312 e. The SMILES string of the molecule is CCOCCCNC(=O)C(=O)N(Cc1ccccc1)Cc1ccccc1. The molecule has 1 N–H and O–H groups in total. The van der Waals surface area contributed by atoms with Gasteiger partial charge in [0, 0.05) is 32.8 Å². The van der Waals surface area contributed by atoms with Crippen molar-refractivity contribution in [2.45, 2.75) is 26.4 Å². The summed E-state index contributed by atoms with van der Waals surface area (Å²) < 4.78 is 5.23. The molecule has 0 fully saturated rings. The topological polar surface area (TPSA) is 58.6 Å². The van der Waals surface area contributed by atoms with Gasteiger partial charge >= 0.3 is 11.8 Å². The summed E-state index contributed by atoms with van der Waals surface area (Å²) in [5.74, 6) is -1.09. The molecule has 0 heterocycles. The van der Waals surface area contributed by atoms with Gasteiger partial charge in [0.15, 0.2) is 0 Å². The first-order valence-electron chi connectivity index (χ1n) is 8.93. The number of benzene rings is 2. The van der Waals surface area contributed by atoms with Gasteiger partial charge in [-0.15, -0.1) is 0 Å². The summed E-state index contributed by atoms with van der Waals surface area (Å²) in [7, 11) is 0. The van der Waals surface area contributed by atoms with Crippen molar-refractivity contribution in [2.75, 3.05) is 19.8 Å². The first-order chi connectivity index (χ1) is 12.7. The summed E-state index contributed by atoms with van der Waals surface area (Å²) in [5, 5.41) is 2.68. The van der Waals surface area contributed by atoms with Crippen LogP contribution in [0.3, 0.4) is 0 Å². The highest BCUT2D eigenvalue weighted by Gasteiger charge is 2.22. The fourth-order valence-electron chi connectivity index (χ4n) is 2.55. The first kappa shape index (κ1) is 19.7. The fourth-order valence-corrected chi connectivity index (χ4v) is 2.55. The Morgan fingerprint density at radius 2 is 1.46 bits per heavy atom. The Morgan fingerprint density at radius 1 is 0.923 bits per heavy atom. The van der Waals surface area contributed by atoms with E-state index in [0.29, 0.717) is 39.3 Å². The number of hydrogen-bond acceptors (Lipinski definition) is 3. The molecular weight excluding hydrogens is 328 g/mol. The van der Waals surface area contributed by atoms with Gasteiger partial charge in [0.2, 0.25) is 0 Å². The molecule has 5 nitrogen and oxygen atoms in total. The predicted octanol–water partition coefficient (Wildman–Crippen LogP) is 2.76. The summed E-state index contributed by atoms with van der Waals surface area (Å²) in [5.41, 5.74) is 1.97. The highest BCUT2D eigenvalue weighted by atomic mass is 16.5. The van der Waals surface area contributed by atoms with Gasteiger partial charge in [-0.3, -0.25) is 9.59 Å². The lowest BCUT2D eigenvalue weighted by atomic mass is 10.1. The minimum atomic E-state index is -0.576. The largest absolute Gasteiger partial charge is 0.382 e. The average Bonchev–Trinajstić information content (AvgIpc) is 2.68. The normalized spacial score (nSPS) is 10.3. The second-order valence-electron chi connectivity index (χ2n) is 5.94. The van der Waals surface area contributed by atoms with E-state index in [0.717, 1.165) is 11.1 Å². The summed E-state index contributed by atoms with van der Waals surface area (Å²) >= 11 is 0. The van der Waals surface area contributed by atoms with Gasteiger partial charge in [-0.05, 0) is 24.5 Å². The molecule has 0 bridgehead atoms. The van der Waals surface area contributed by atoms with Gasteiger partial charge in [0.05, 0.1) is 0 Å². The van der Waals surface area contributed by atoms with Crippen molar-refractivity contribution >= 4 is 11.8 Å². The smallest absolute Gasteiger partial charge is 0.312 e. The van der Waals surface area contributed by atoms with E-state index < -0.39 is 11.8 Å². The van der Waals surface area contributed by atoms with E-state index in [9.17, 15) is 9.59 Å². The lowest BCUT2D eigenvalue weighted by Gasteiger charge is -2.22. The van der Waals surface area contributed by atoms with Crippen molar-refractivity contribution in [3.63, 3.8) is 0 Å². The molecule has 26 heavy (non-hydrogen) atoms. The monoisotopic (exact) mass is 354 g/mol. The maximum absolute atomic E-state index is 12.7. The third kappa shape index (κ3) is 6.69. The molecule has 0 radical (unpaired) electrons. The molecule has 0 aliphatic rings. The molecule has 2 rings (SSSR count). The second-order valence-corrected chi connectivity index (χ2v) is 5.94. The van der Waals surface area contributed by atoms with Crippen LogP contribution in [0.5, 0.6) is 0 Å². The van der Waals surface area contributed by atoms with Crippen molar-refractivity contribution < 1.29 is 14.3 Å². The zero-order valence-electron chi connectivity index (χ0n) is 15.2. The Bertz CT molecular complexity index is 633.